The molecule has 0 aliphatic heterocycles. The average Bonchev–Trinajstić information content (AvgIpc) is 2.79. The van der Waals surface area contributed by atoms with Gasteiger partial charge in [-0.05, 0) is 61.1 Å². The number of benzene rings is 3. The Balaban J connectivity index is 1.37. The van der Waals surface area contributed by atoms with E-state index >= 15 is 0 Å². The van der Waals surface area contributed by atoms with E-state index in [2.05, 4.69) is 15.6 Å². The van der Waals surface area contributed by atoms with E-state index in [1.54, 1.807) is 24.3 Å². The van der Waals surface area contributed by atoms with Crippen molar-refractivity contribution in [1.29, 1.82) is 0 Å². The summed E-state index contributed by atoms with van der Waals surface area (Å²) in [6.45, 7) is 2.41. The maximum absolute atomic E-state index is 12.6. The Morgan fingerprint density at radius 1 is 0.935 bits per heavy atom. The molecule has 0 unspecified atom stereocenters. The van der Waals surface area contributed by atoms with Crippen LogP contribution in [0, 0.1) is 6.92 Å². The number of para-hydroxylation sites is 1. The van der Waals surface area contributed by atoms with Gasteiger partial charge in [-0.2, -0.15) is 0 Å². The summed E-state index contributed by atoms with van der Waals surface area (Å²) in [5.74, 6) is 0.398. The highest BCUT2D eigenvalue weighted by molar-refractivity contribution is 7.80. The van der Waals surface area contributed by atoms with Crippen LogP contribution in [0.1, 0.15) is 21.6 Å². The van der Waals surface area contributed by atoms with Crippen molar-refractivity contribution in [1.82, 2.24) is 10.3 Å². The van der Waals surface area contributed by atoms with Crippen molar-refractivity contribution in [2.45, 2.75) is 13.5 Å². The number of nitrogens with zero attached hydrogens (tertiary/aromatic N) is 1. The summed E-state index contributed by atoms with van der Waals surface area (Å²) in [4.78, 5) is 17.1. The van der Waals surface area contributed by atoms with Gasteiger partial charge in [0.2, 0.25) is 0 Å². The molecule has 0 bridgehead atoms. The lowest BCUT2D eigenvalue weighted by molar-refractivity contribution is 0.0977. The van der Waals surface area contributed by atoms with Gasteiger partial charge in [0.25, 0.3) is 5.91 Å². The minimum Gasteiger partial charge on any atom is -0.489 e. The monoisotopic (exact) mass is 427 g/mol. The number of aryl methyl sites for hydroxylation is 1. The molecule has 0 fully saturated rings. The second-order valence-corrected chi connectivity index (χ2v) is 7.45. The lowest BCUT2D eigenvalue weighted by Crippen LogP contribution is -2.34. The zero-order chi connectivity index (χ0) is 21.6. The first-order valence-electron chi connectivity index (χ1n) is 9.84. The topological polar surface area (TPSA) is 63.2 Å². The molecule has 4 aromatic rings. The van der Waals surface area contributed by atoms with Gasteiger partial charge in [-0.25, -0.2) is 0 Å². The SMILES string of the molecule is Cc1ccc2cccc(NC(=S)NC(=O)c3ccc(OCc4ccccc4)cc3)c2n1. The van der Waals surface area contributed by atoms with Gasteiger partial charge in [0.05, 0.1) is 11.2 Å². The number of rotatable bonds is 5. The van der Waals surface area contributed by atoms with Gasteiger partial charge in [0.1, 0.15) is 12.4 Å². The van der Waals surface area contributed by atoms with Gasteiger partial charge < -0.3 is 10.1 Å². The number of carbonyl (C=O) groups is 1. The highest BCUT2D eigenvalue weighted by atomic mass is 32.1. The smallest absolute Gasteiger partial charge is 0.257 e. The Kier molecular flexibility index (Phi) is 6.19. The van der Waals surface area contributed by atoms with Crippen LogP contribution in [0.3, 0.4) is 0 Å². The van der Waals surface area contributed by atoms with Crippen molar-refractivity contribution in [3.05, 3.63) is 102 Å². The van der Waals surface area contributed by atoms with Crippen molar-refractivity contribution in [2.24, 2.45) is 0 Å². The lowest BCUT2D eigenvalue weighted by Gasteiger charge is -2.12. The van der Waals surface area contributed by atoms with E-state index in [9.17, 15) is 4.79 Å². The summed E-state index contributed by atoms with van der Waals surface area (Å²) in [6.07, 6.45) is 0. The molecule has 0 spiro atoms. The molecular weight excluding hydrogens is 406 g/mol. The van der Waals surface area contributed by atoms with E-state index in [4.69, 9.17) is 17.0 Å². The predicted octanol–water partition coefficient (Wildman–Crippen LogP) is 5.25. The van der Waals surface area contributed by atoms with Crippen molar-refractivity contribution in [2.75, 3.05) is 5.32 Å². The van der Waals surface area contributed by atoms with Crippen LogP contribution in [0.25, 0.3) is 10.9 Å². The van der Waals surface area contributed by atoms with Crippen LogP contribution in [-0.4, -0.2) is 16.0 Å². The van der Waals surface area contributed by atoms with Crippen LogP contribution in [0.5, 0.6) is 5.75 Å². The molecule has 0 saturated heterocycles. The molecular formula is C25H21N3O2S. The van der Waals surface area contributed by atoms with Gasteiger partial charge in [0.15, 0.2) is 5.11 Å². The molecule has 0 radical (unpaired) electrons. The highest BCUT2D eigenvalue weighted by Crippen LogP contribution is 2.21. The fourth-order valence-electron chi connectivity index (χ4n) is 3.12. The minimum atomic E-state index is -0.295. The van der Waals surface area contributed by atoms with Crippen LogP contribution < -0.4 is 15.4 Å². The number of amides is 1. The number of fused-ring (bicyclic) bond motifs is 1. The molecule has 0 aliphatic carbocycles. The first-order chi connectivity index (χ1) is 15.1. The third kappa shape index (κ3) is 5.24. The number of anilines is 1. The zero-order valence-electron chi connectivity index (χ0n) is 17.0. The number of carbonyl (C=O) groups excluding carboxylic acids is 1. The number of thiocarbonyl (C=S) groups is 1. The Morgan fingerprint density at radius 2 is 1.71 bits per heavy atom. The van der Waals surface area contributed by atoms with E-state index in [0.29, 0.717) is 17.9 Å². The van der Waals surface area contributed by atoms with Crippen LogP contribution in [0.4, 0.5) is 5.69 Å². The van der Waals surface area contributed by atoms with Gasteiger partial charge >= 0.3 is 0 Å². The zero-order valence-corrected chi connectivity index (χ0v) is 17.8. The van der Waals surface area contributed by atoms with Crippen LogP contribution >= 0.6 is 12.2 Å². The van der Waals surface area contributed by atoms with Gasteiger partial charge in [-0.1, -0.05) is 48.5 Å². The van der Waals surface area contributed by atoms with E-state index in [0.717, 1.165) is 27.8 Å². The van der Waals surface area contributed by atoms with E-state index in [1.807, 2.05) is 67.6 Å². The van der Waals surface area contributed by atoms with Crippen molar-refractivity contribution in [3.8, 4) is 5.75 Å². The lowest BCUT2D eigenvalue weighted by atomic mass is 10.2. The number of nitrogens with one attached hydrogen (secondary N) is 2. The molecule has 154 valence electrons. The van der Waals surface area contributed by atoms with Crippen LogP contribution in [-0.2, 0) is 6.61 Å². The molecule has 1 amide bonds. The standard InChI is InChI=1S/C25H21N3O2S/c1-17-10-11-19-8-5-9-22(23(19)26-17)27-25(31)28-24(29)20-12-14-21(15-13-20)30-16-18-6-3-2-4-7-18/h2-15H,16H2,1H3,(H2,27,28,29,31). The number of hydrogen-bond acceptors (Lipinski definition) is 4. The third-order valence-corrected chi connectivity index (χ3v) is 4.90. The summed E-state index contributed by atoms with van der Waals surface area (Å²) in [6, 6.07) is 26.6. The van der Waals surface area contributed by atoms with Crippen molar-refractivity contribution < 1.29 is 9.53 Å². The largest absolute Gasteiger partial charge is 0.489 e. The first kappa shape index (κ1) is 20.5. The maximum Gasteiger partial charge on any atom is 0.257 e. The molecule has 2 N–H and O–H groups in total. The molecule has 3 aromatic carbocycles. The van der Waals surface area contributed by atoms with Crippen LogP contribution in [0.15, 0.2) is 84.9 Å². The summed E-state index contributed by atoms with van der Waals surface area (Å²) in [5.41, 5.74) is 4.03. The molecule has 1 heterocycles. The van der Waals surface area contributed by atoms with Gasteiger partial charge in [-0.15, -0.1) is 0 Å². The average molecular weight is 428 g/mol. The molecule has 6 heteroatoms. The highest BCUT2D eigenvalue weighted by Gasteiger charge is 2.10. The first-order valence-corrected chi connectivity index (χ1v) is 10.2. The molecule has 0 saturated carbocycles. The maximum atomic E-state index is 12.6. The number of pyridine rings is 1. The fourth-order valence-corrected chi connectivity index (χ4v) is 3.32. The van der Waals surface area contributed by atoms with E-state index in [1.165, 1.54) is 0 Å². The number of aromatic nitrogens is 1. The number of ether oxygens (including phenoxy) is 1. The summed E-state index contributed by atoms with van der Waals surface area (Å²) >= 11 is 5.33. The Morgan fingerprint density at radius 3 is 2.48 bits per heavy atom. The summed E-state index contributed by atoms with van der Waals surface area (Å²) in [7, 11) is 0. The van der Waals surface area contributed by atoms with E-state index in [-0.39, 0.29) is 11.0 Å². The Hall–Kier alpha value is -3.77. The Labute approximate surface area is 186 Å². The second-order valence-electron chi connectivity index (χ2n) is 7.04. The third-order valence-electron chi connectivity index (χ3n) is 4.70. The predicted molar refractivity (Wildman–Crippen MR) is 127 cm³/mol. The van der Waals surface area contributed by atoms with Crippen molar-refractivity contribution >= 4 is 39.8 Å². The summed E-state index contributed by atoms with van der Waals surface area (Å²) in [5, 5.41) is 7.00. The molecule has 0 atom stereocenters. The quantitative estimate of drug-likeness (QED) is 0.426. The van der Waals surface area contributed by atoms with Crippen LogP contribution in [0.2, 0.25) is 0 Å². The molecule has 4 rings (SSSR count). The molecule has 5 nitrogen and oxygen atoms in total. The van der Waals surface area contributed by atoms with Crippen molar-refractivity contribution in [3.63, 3.8) is 0 Å². The molecule has 31 heavy (non-hydrogen) atoms. The fraction of sp³-hybridized carbons (Fsp3) is 0.0800. The van der Waals surface area contributed by atoms with Gasteiger partial charge in [-0.3, -0.25) is 15.1 Å². The summed E-state index contributed by atoms with van der Waals surface area (Å²) < 4.78 is 5.76. The Bertz CT molecular complexity index is 1220. The molecule has 1 aromatic heterocycles. The molecule has 0 aliphatic rings. The van der Waals surface area contributed by atoms with E-state index < -0.39 is 0 Å². The normalized spacial score (nSPS) is 10.5. The van der Waals surface area contributed by atoms with Gasteiger partial charge in [0, 0.05) is 16.6 Å². The second kappa shape index (κ2) is 9.36. The number of hydrogen-bond donors (Lipinski definition) is 2. The minimum absolute atomic E-state index is 0.213.